The van der Waals surface area contributed by atoms with Crippen LogP contribution in [0.4, 0.5) is 0 Å². The van der Waals surface area contributed by atoms with Gasteiger partial charge in [0.2, 0.25) is 0 Å². The monoisotopic (exact) mass is 217 g/mol. The Hall–Kier alpha value is -1.28. The third-order valence-corrected chi connectivity index (χ3v) is 3.00. The molecule has 0 atom stereocenters. The SMILES string of the molecule is CONC1=CCc2cc(C(C)(C)C)ccc21. The molecule has 0 aliphatic heterocycles. The zero-order valence-corrected chi connectivity index (χ0v) is 10.4. The molecule has 1 N–H and O–H groups in total. The van der Waals surface area contributed by atoms with E-state index in [1.165, 1.54) is 16.7 Å². The number of allylic oxidation sites excluding steroid dienone is 1. The fraction of sp³-hybridized carbons (Fsp3) is 0.429. The van der Waals surface area contributed by atoms with Crippen LogP contribution < -0.4 is 5.48 Å². The molecule has 0 heterocycles. The predicted octanol–water partition coefficient (Wildman–Crippen LogP) is 3.03. The largest absolute Gasteiger partial charge is 0.279 e. The normalized spacial score (nSPS) is 14.6. The van der Waals surface area contributed by atoms with Crippen molar-refractivity contribution in [3.8, 4) is 0 Å². The van der Waals surface area contributed by atoms with Gasteiger partial charge in [0.25, 0.3) is 0 Å². The van der Waals surface area contributed by atoms with E-state index in [0.717, 1.165) is 12.1 Å². The van der Waals surface area contributed by atoms with Crippen molar-refractivity contribution in [2.75, 3.05) is 7.11 Å². The lowest BCUT2D eigenvalue weighted by atomic mass is 9.85. The Kier molecular flexibility index (Phi) is 2.76. The smallest absolute Gasteiger partial charge is 0.0643 e. The van der Waals surface area contributed by atoms with Gasteiger partial charge in [-0.3, -0.25) is 10.3 Å². The van der Waals surface area contributed by atoms with Crippen molar-refractivity contribution in [1.29, 1.82) is 0 Å². The van der Waals surface area contributed by atoms with Gasteiger partial charge in [-0.05, 0) is 23.0 Å². The molecular formula is C14H19NO. The van der Waals surface area contributed by atoms with E-state index in [2.05, 4.69) is 50.5 Å². The average molecular weight is 217 g/mol. The minimum absolute atomic E-state index is 0.215. The maximum atomic E-state index is 4.96. The number of rotatable bonds is 2. The Bertz CT molecular complexity index is 427. The van der Waals surface area contributed by atoms with E-state index in [1.54, 1.807) is 7.11 Å². The molecule has 1 aliphatic rings. The number of hydroxylamine groups is 1. The summed E-state index contributed by atoms with van der Waals surface area (Å²) in [5.41, 5.74) is 8.24. The molecule has 2 nitrogen and oxygen atoms in total. The first-order valence-electron chi connectivity index (χ1n) is 5.65. The second-order valence-corrected chi connectivity index (χ2v) is 5.25. The van der Waals surface area contributed by atoms with Crippen LogP contribution in [0.2, 0.25) is 0 Å². The summed E-state index contributed by atoms with van der Waals surface area (Å²) in [5, 5.41) is 0. The van der Waals surface area contributed by atoms with Gasteiger partial charge in [0.05, 0.1) is 12.8 Å². The molecule has 0 amide bonds. The molecule has 2 rings (SSSR count). The maximum absolute atomic E-state index is 4.96. The average Bonchev–Trinajstić information content (AvgIpc) is 2.60. The molecule has 0 bridgehead atoms. The zero-order valence-electron chi connectivity index (χ0n) is 10.4. The van der Waals surface area contributed by atoms with Gasteiger partial charge in [-0.1, -0.05) is 45.0 Å². The van der Waals surface area contributed by atoms with Gasteiger partial charge >= 0.3 is 0 Å². The highest BCUT2D eigenvalue weighted by Gasteiger charge is 2.19. The van der Waals surface area contributed by atoms with Gasteiger partial charge in [-0.15, -0.1) is 0 Å². The summed E-state index contributed by atoms with van der Waals surface area (Å²) in [6.07, 6.45) is 3.16. The summed E-state index contributed by atoms with van der Waals surface area (Å²) in [6, 6.07) is 6.69. The molecule has 0 saturated heterocycles. The van der Waals surface area contributed by atoms with Crippen molar-refractivity contribution in [3.63, 3.8) is 0 Å². The van der Waals surface area contributed by atoms with Gasteiger partial charge in [0.1, 0.15) is 0 Å². The van der Waals surface area contributed by atoms with Crippen molar-refractivity contribution in [3.05, 3.63) is 41.0 Å². The fourth-order valence-electron chi connectivity index (χ4n) is 2.02. The first-order chi connectivity index (χ1) is 7.52. The van der Waals surface area contributed by atoms with Gasteiger partial charge in [-0.2, -0.15) is 0 Å². The molecule has 0 fully saturated rings. The number of hydrogen-bond acceptors (Lipinski definition) is 2. The molecule has 0 aromatic heterocycles. The standard InChI is InChI=1S/C14H19NO/c1-14(2,3)11-6-7-12-10(9-11)5-8-13(12)15-16-4/h6-9,15H,5H2,1-4H3. The molecule has 0 saturated carbocycles. The van der Waals surface area contributed by atoms with Gasteiger partial charge in [0.15, 0.2) is 0 Å². The summed E-state index contributed by atoms with van der Waals surface area (Å²) in [4.78, 5) is 4.96. The minimum Gasteiger partial charge on any atom is -0.279 e. The second-order valence-electron chi connectivity index (χ2n) is 5.25. The highest BCUT2D eigenvalue weighted by atomic mass is 16.6. The molecule has 86 valence electrons. The Morgan fingerprint density at radius 1 is 1.25 bits per heavy atom. The van der Waals surface area contributed by atoms with Crippen LogP contribution in [0.25, 0.3) is 5.70 Å². The number of hydrogen-bond donors (Lipinski definition) is 1. The molecule has 1 aromatic carbocycles. The van der Waals surface area contributed by atoms with Gasteiger partial charge < -0.3 is 0 Å². The lowest BCUT2D eigenvalue weighted by molar-refractivity contribution is 0.137. The second kappa shape index (κ2) is 3.95. The molecule has 1 aliphatic carbocycles. The summed E-state index contributed by atoms with van der Waals surface area (Å²) in [7, 11) is 1.64. The van der Waals surface area contributed by atoms with Crippen LogP contribution in [0.3, 0.4) is 0 Å². The van der Waals surface area contributed by atoms with Crippen LogP contribution in [0, 0.1) is 0 Å². The molecular weight excluding hydrogens is 198 g/mol. The van der Waals surface area contributed by atoms with Crippen LogP contribution in [-0.2, 0) is 16.7 Å². The highest BCUT2D eigenvalue weighted by molar-refractivity contribution is 5.71. The summed E-state index contributed by atoms with van der Waals surface area (Å²) < 4.78 is 0. The Balaban J connectivity index is 2.33. The van der Waals surface area contributed by atoms with Crippen molar-refractivity contribution < 1.29 is 4.84 Å². The molecule has 0 spiro atoms. The van der Waals surface area contributed by atoms with E-state index < -0.39 is 0 Å². The molecule has 1 aromatic rings. The van der Waals surface area contributed by atoms with Crippen LogP contribution in [-0.4, -0.2) is 7.11 Å². The third-order valence-electron chi connectivity index (χ3n) is 3.00. The Morgan fingerprint density at radius 3 is 2.62 bits per heavy atom. The van der Waals surface area contributed by atoms with Crippen molar-refractivity contribution in [2.45, 2.75) is 32.6 Å². The van der Waals surface area contributed by atoms with E-state index in [0.29, 0.717) is 0 Å². The van der Waals surface area contributed by atoms with Gasteiger partial charge in [-0.25, -0.2) is 0 Å². The molecule has 2 heteroatoms. The van der Waals surface area contributed by atoms with E-state index in [4.69, 9.17) is 4.84 Å². The quantitative estimate of drug-likeness (QED) is 0.769. The third kappa shape index (κ3) is 1.98. The molecule has 16 heavy (non-hydrogen) atoms. The van der Waals surface area contributed by atoms with Gasteiger partial charge in [0, 0.05) is 5.56 Å². The number of nitrogens with one attached hydrogen (secondary N) is 1. The Morgan fingerprint density at radius 2 is 2.00 bits per heavy atom. The van der Waals surface area contributed by atoms with Crippen molar-refractivity contribution in [1.82, 2.24) is 5.48 Å². The lowest BCUT2D eigenvalue weighted by Gasteiger charge is -2.20. The summed E-state index contributed by atoms with van der Waals surface area (Å²) in [6.45, 7) is 6.72. The first-order valence-corrected chi connectivity index (χ1v) is 5.65. The lowest BCUT2D eigenvalue weighted by Crippen LogP contribution is -2.12. The number of benzene rings is 1. The van der Waals surface area contributed by atoms with E-state index in [1.807, 2.05) is 0 Å². The van der Waals surface area contributed by atoms with Crippen molar-refractivity contribution in [2.24, 2.45) is 0 Å². The zero-order chi connectivity index (χ0) is 11.8. The van der Waals surface area contributed by atoms with Crippen molar-refractivity contribution >= 4 is 5.70 Å². The molecule has 0 unspecified atom stereocenters. The minimum atomic E-state index is 0.215. The van der Waals surface area contributed by atoms with Crippen LogP contribution in [0.15, 0.2) is 24.3 Å². The predicted molar refractivity (Wildman–Crippen MR) is 67.0 cm³/mol. The number of fused-ring (bicyclic) bond motifs is 1. The topological polar surface area (TPSA) is 21.3 Å². The molecule has 0 radical (unpaired) electrons. The first kappa shape index (κ1) is 11.2. The highest BCUT2D eigenvalue weighted by Crippen LogP contribution is 2.30. The fourth-order valence-corrected chi connectivity index (χ4v) is 2.02. The maximum Gasteiger partial charge on any atom is 0.0643 e. The van der Waals surface area contributed by atoms with Crippen LogP contribution in [0.1, 0.15) is 37.5 Å². The van der Waals surface area contributed by atoms with Crippen LogP contribution >= 0.6 is 0 Å². The van der Waals surface area contributed by atoms with Crippen LogP contribution in [0.5, 0.6) is 0 Å². The van der Waals surface area contributed by atoms with E-state index in [9.17, 15) is 0 Å². The van der Waals surface area contributed by atoms with E-state index >= 15 is 0 Å². The Labute approximate surface area is 97.3 Å². The van der Waals surface area contributed by atoms with E-state index in [-0.39, 0.29) is 5.41 Å². The summed E-state index contributed by atoms with van der Waals surface area (Å²) >= 11 is 0. The summed E-state index contributed by atoms with van der Waals surface area (Å²) in [5.74, 6) is 0.